The molecule has 4 aromatic rings. The first kappa shape index (κ1) is 16.6. The zero-order chi connectivity index (χ0) is 18.6. The Kier molecular flexibility index (Phi) is 4.40. The van der Waals surface area contributed by atoms with E-state index >= 15 is 0 Å². The van der Waals surface area contributed by atoms with Crippen LogP contribution in [0.25, 0.3) is 11.5 Å². The number of benzene rings is 1. The van der Waals surface area contributed by atoms with Crippen LogP contribution in [-0.2, 0) is 13.6 Å². The van der Waals surface area contributed by atoms with Crippen LogP contribution in [-0.4, -0.2) is 35.3 Å². The van der Waals surface area contributed by atoms with Crippen molar-refractivity contribution in [1.82, 2.24) is 29.3 Å². The van der Waals surface area contributed by atoms with Crippen molar-refractivity contribution in [3.8, 4) is 11.5 Å². The summed E-state index contributed by atoms with van der Waals surface area (Å²) in [6.07, 6.45) is 8.96. The number of aromatic amines is 1. The third-order valence-electron chi connectivity index (χ3n) is 4.02. The number of rotatable bonds is 5. The predicted molar refractivity (Wildman–Crippen MR) is 101 cm³/mol. The quantitative estimate of drug-likeness (QED) is 0.507. The molecule has 3 N–H and O–H groups in total. The van der Waals surface area contributed by atoms with Gasteiger partial charge in [-0.05, 0) is 17.7 Å². The minimum atomic E-state index is -0.366. The van der Waals surface area contributed by atoms with E-state index < -0.39 is 0 Å². The number of nitrogens with one attached hydrogen (secondary N) is 3. The maximum atomic E-state index is 12.2. The van der Waals surface area contributed by atoms with E-state index in [1.54, 1.807) is 24.8 Å². The monoisotopic (exact) mass is 362 g/mol. The summed E-state index contributed by atoms with van der Waals surface area (Å²) in [5.74, 6) is 1.16. The molecular weight excluding hydrogens is 344 g/mol. The number of H-pyrrole nitrogens is 1. The largest absolute Gasteiger partial charge is 0.333 e. The maximum Gasteiger partial charge on any atom is 0.324 e. The zero-order valence-electron chi connectivity index (χ0n) is 14.6. The van der Waals surface area contributed by atoms with Gasteiger partial charge in [0.05, 0.1) is 6.33 Å². The Morgan fingerprint density at radius 1 is 1.15 bits per heavy atom. The van der Waals surface area contributed by atoms with Gasteiger partial charge >= 0.3 is 6.03 Å². The lowest BCUT2D eigenvalue weighted by Crippen LogP contribution is -2.19. The van der Waals surface area contributed by atoms with Gasteiger partial charge in [0.1, 0.15) is 5.69 Å². The zero-order valence-corrected chi connectivity index (χ0v) is 14.6. The molecule has 0 bridgehead atoms. The summed E-state index contributed by atoms with van der Waals surface area (Å²) in [7, 11) is 1.89. The number of urea groups is 1. The van der Waals surface area contributed by atoms with Gasteiger partial charge in [-0.25, -0.2) is 14.8 Å². The van der Waals surface area contributed by atoms with Gasteiger partial charge in [-0.1, -0.05) is 12.1 Å². The third kappa shape index (κ3) is 3.87. The molecule has 3 aromatic heterocycles. The molecule has 0 atom stereocenters. The van der Waals surface area contributed by atoms with Gasteiger partial charge in [0, 0.05) is 50.1 Å². The lowest BCUT2D eigenvalue weighted by Gasteiger charge is -2.07. The summed E-state index contributed by atoms with van der Waals surface area (Å²) < 4.78 is 3.84. The summed E-state index contributed by atoms with van der Waals surface area (Å²) >= 11 is 0. The van der Waals surface area contributed by atoms with Crippen LogP contribution in [0.4, 0.5) is 16.3 Å². The molecule has 0 saturated carbocycles. The Bertz CT molecular complexity index is 1030. The second-order valence-corrected chi connectivity index (χ2v) is 6.04. The van der Waals surface area contributed by atoms with Crippen LogP contribution in [0.3, 0.4) is 0 Å². The van der Waals surface area contributed by atoms with Gasteiger partial charge in [-0.15, -0.1) is 0 Å². The van der Waals surface area contributed by atoms with E-state index in [2.05, 4.69) is 30.8 Å². The normalized spacial score (nSPS) is 10.7. The van der Waals surface area contributed by atoms with E-state index in [0.717, 1.165) is 23.6 Å². The molecule has 2 amide bonds. The van der Waals surface area contributed by atoms with Crippen molar-refractivity contribution in [3.05, 3.63) is 67.0 Å². The van der Waals surface area contributed by atoms with Crippen molar-refractivity contribution in [1.29, 1.82) is 0 Å². The topological polar surface area (TPSA) is 105 Å². The molecule has 0 aliphatic rings. The number of imidazole rings is 2. The molecule has 9 nitrogen and oxygen atoms in total. The Balaban J connectivity index is 1.35. The summed E-state index contributed by atoms with van der Waals surface area (Å²) in [5, 5.41) is 12.4. The first-order valence-corrected chi connectivity index (χ1v) is 8.33. The number of anilines is 2. The molecule has 0 aliphatic carbocycles. The highest BCUT2D eigenvalue weighted by Gasteiger charge is 2.10. The number of aryl methyl sites for hydroxylation is 1. The Morgan fingerprint density at radius 3 is 2.70 bits per heavy atom. The van der Waals surface area contributed by atoms with Crippen molar-refractivity contribution in [2.45, 2.75) is 6.54 Å². The lowest BCUT2D eigenvalue weighted by molar-refractivity contribution is 0.262. The number of amides is 2. The number of nitrogens with zero attached hydrogens (tertiary/aromatic N) is 5. The molecule has 27 heavy (non-hydrogen) atoms. The van der Waals surface area contributed by atoms with Crippen LogP contribution in [0.15, 0.2) is 61.4 Å². The second-order valence-electron chi connectivity index (χ2n) is 6.04. The summed E-state index contributed by atoms with van der Waals surface area (Å²) in [6.45, 7) is 0.732. The van der Waals surface area contributed by atoms with Gasteiger partial charge in [-0.3, -0.25) is 10.4 Å². The smallest absolute Gasteiger partial charge is 0.324 e. The fraction of sp³-hybridized carbons (Fsp3) is 0.111. The van der Waals surface area contributed by atoms with Crippen LogP contribution in [0, 0.1) is 0 Å². The first-order valence-electron chi connectivity index (χ1n) is 8.33. The van der Waals surface area contributed by atoms with Crippen LogP contribution in [0.5, 0.6) is 0 Å². The molecule has 0 spiro atoms. The Morgan fingerprint density at radius 2 is 2.00 bits per heavy atom. The first-order chi connectivity index (χ1) is 13.2. The molecule has 0 radical (unpaired) electrons. The van der Waals surface area contributed by atoms with E-state index in [1.165, 1.54) is 0 Å². The van der Waals surface area contributed by atoms with Gasteiger partial charge < -0.3 is 14.5 Å². The number of carbonyl (C=O) groups excluding carboxylic acids is 1. The average molecular weight is 362 g/mol. The predicted octanol–water partition coefficient (Wildman–Crippen LogP) is 2.70. The van der Waals surface area contributed by atoms with E-state index in [0.29, 0.717) is 11.5 Å². The molecule has 136 valence electrons. The molecular formula is C18H18N8O. The summed E-state index contributed by atoms with van der Waals surface area (Å²) in [6, 6.07) is 9.00. The number of hydrogen-bond acceptors (Lipinski definition) is 4. The lowest BCUT2D eigenvalue weighted by atomic mass is 10.2. The van der Waals surface area contributed by atoms with Crippen LogP contribution >= 0.6 is 0 Å². The maximum absolute atomic E-state index is 12.2. The van der Waals surface area contributed by atoms with Crippen molar-refractivity contribution >= 4 is 17.5 Å². The van der Waals surface area contributed by atoms with Gasteiger partial charge in [0.15, 0.2) is 11.6 Å². The number of carbonyl (C=O) groups is 1. The SMILES string of the molecule is Cn1ccnc1-c1cc(NC(=O)Nc2ccc(Cn3ccnc3)cc2)n[nH]1. The summed E-state index contributed by atoms with van der Waals surface area (Å²) in [5.41, 5.74) is 2.54. The number of aromatic nitrogens is 6. The molecule has 0 saturated heterocycles. The molecule has 4 rings (SSSR count). The highest BCUT2D eigenvalue weighted by molar-refractivity contribution is 5.99. The molecule has 0 unspecified atom stereocenters. The van der Waals surface area contributed by atoms with Gasteiger partial charge in [0.2, 0.25) is 0 Å². The fourth-order valence-corrected chi connectivity index (χ4v) is 2.69. The van der Waals surface area contributed by atoms with E-state index in [1.807, 2.05) is 52.8 Å². The highest BCUT2D eigenvalue weighted by atomic mass is 16.2. The van der Waals surface area contributed by atoms with E-state index in [4.69, 9.17) is 0 Å². The third-order valence-corrected chi connectivity index (χ3v) is 4.02. The fourth-order valence-electron chi connectivity index (χ4n) is 2.69. The summed E-state index contributed by atoms with van der Waals surface area (Å²) in [4.78, 5) is 20.4. The van der Waals surface area contributed by atoms with Gasteiger partial charge in [-0.2, -0.15) is 5.10 Å². The average Bonchev–Trinajstić information content (AvgIpc) is 3.39. The second kappa shape index (κ2) is 7.16. The minimum Gasteiger partial charge on any atom is -0.333 e. The van der Waals surface area contributed by atoms with Crippen molar-refractivity contribution in [2.24, 2.45) is 7.05 Å². The number of hydrogen-bond donors (Lipinski definition) is 3. The van der Waals surface area contributed by atoms with E-state index in [9.17, 15) is 4.79 Å². The molecule has 1 aromatic carbocycles. The standard InChI is InChI=1S/C18H18N8O/c1-25-8-7-20-17(25)15-10-16(24-23-15)22-18(27)21-14-4-2-13(3-5-14)11-26-9-6-19-12-26/h2-10,12H,11H2,1H3,(H3,21,22,23,24,27). The van der Waals surface area contributed by atoms with Crippen LogP contribution in [0.2, 0.25) is 0 Å². The molecule has 9 heteroatoms. The molecule has 0 fully saturated rings. The molecule has 0 aliphatic heterocycles. The van der Waals surface area contributed by atoms with Gasteiger partial charge in [0.25, 0.3) is 0 Å². The highest BCUT2D eigenvalue weighted by Crippen LogP contribution is 2.17. The van der Waals surface area contributed by atoms with E-state index in [-0.39, 0.29) is 6.03 Å². The van der Waals surface area contributed by atoms with Crippen LogP contribution < -0.4 is 10.6 Å². The molecule has 3 heterocycles. The van der Waals surface area contributed by atoms with Crippen LogP contribution in [0.1, 0.15) is 5.56 Å². The Labute approximate surface area is 155 Å². The minimum absolute atomic E-state index is 0.366. The van der Waals surface area contributed by atoms with Crippen molar-refractivity contribution in [3.63, 3.8) is 0 Å². The van der Waals surface area contributed by atoms with Crippen molar-refractivity contribution in [2.75, 3.05) is 10.6 Å². The van der Waals surface area contributed by atoms with Crippen molar-refractivity contribution < 1.29 is 4.79 Å². The Hall–Kier alpha value is -3.88.